The van der Waals surface area contributed by atoms with Gasteiger partial charge >= 0.3 is 6.09 Å². The number of ether oxygens (including phenoxy) is 1. The van der Waals surface area contributed by atoms with Crippen molar-refractivity contribution in [3.8, 4) is 0 Å². The van der Waals surface area contributed by atoms with Crippen LogP contribution in [-0.4, -0.2) is 65.0 Å². The van der Waals surface area contributed by atoms with Gasteiger partial charge in [0.2, 0.25) is 11.8 Å². The van der Waals surface area contributed by atoms with E-state index < -0.39 is 17.7 Å². The first-order chi connectivity index (χ1) is 13.7. The number of hydrogen-bond acceptors (Lipinski definition) is 4. The molecule has 0 aromatic heterocycles. The van der Waals surface area contributed by atoms with Crippen LogP contribution in [0.15, 0.2) is 0 Å². The first kappa shape index (κ1) is 21.9. The van der Waals surface area contributed by atoms with E-state index in [1.165, 1.54) is 6.42 Å². The van der Waals surface area contributed by atoms with Crippen LogP contribution in [0.1, 0.15) is 78.6 Å². The van der Waals surface area contributed by atoms with Gasteiger partial charge in [0.15, 0.2) is 0 Å². The van der Waals surface area contributed by atoms with Crippen LogP contribution in [0.2, 0.25) is 0 Å². The second kappa shape index (κ2) is 9.35. The van der Waals surface area contributed by atoms with Crippen LogP contribution in [0.25, 0.3) is 0 Å². The van der Waals surface area contributed by atoms with Crippen molar-refractivity contribution in [1.82, 2.24) is 15.1 Å². The summed E-state index contributed by atoms with van der Waals surface area (Å²) in [4.78, 5) is 41.4. The Bertz CT molecular complexity index is 602. The summed E-state index contributed by atoms with van der Waals surface area (Å²) in [6.07, 6.45) is 8.24. The summed E-state index contributed by atoms with van der Waals surface area (Å²) in [5.41, 5.74) is -0.567. The molecule has 1 N–H and O–H groups in total. The Morgan fingerprint density at radius 1 is 0.862 bits per heavy atom. The standard InChI is InChI=1S/C22H37N3O4/c1-22(2,3)29-21(28)25-13-7-10-18(25)20(27)24-14-11-17(12-15-24)23-19(26)16-8-5-4-6-9-16/h16-18H,4-15H2,1-3H3,(H,23,26). The zero-order valence-electron chi connectivity index (χ0n) is 18.2. The number of likely N-dealkylation sites (tertiary alicyclic amines) is 2. The molecule has 0 radical (unpaired) electrons. The maximum atomic E-state index is 13.0. The zero-order valence-corrected chi connectivity index (χ0v) is 18.2. The second-order valence-electron chi connectivity index (χ2n) is 9.77. The van der Waals surface area contributed by atoms with Crippen molar-refractivity contribution >= 4 is 17.9 Å². The third-order valence-electron chi connectivity index (χ3n) is 6.29. The molecule has 1 aliphatic carbocycles. The normalized spacial score (nSPS) is 24.4. The van der Waals surface area contributed by atoms with E-state index in [0.717, 1.165) is 44.9 Å². The molecular weight excluding hydrogens is 370 g/mol. The highest BCUT2D eigenvalue weighted by Crippen LogP contribution is 2.26. The van der Waals surface area contributed by atoms with Crippen LogP contribution in [0.5, 0.6) is 0 Å². The van der Waals surface area contributed by atoms with Gasteiger partial charge in [0.25, 0.3) is 0 Å². The molecule has 164 valence electrons. The number of hydrogen-bond donors (Lipinski definition) is 1. The number of nitrogens with zero attached hydrogens (tertiary/aromatic N) is 2. The highest BCUT2D eigenvalue weighted by atomic mass is 16.6. The van der Waals surface area contributed by atoms with E-state index in [1.807, 2.05) is 25.7 Å². The Hall–Kier alpha value is -1.79. The van der Waals surface area contributed by atoms with E-state index in [2.05, 4.69) is 5.32 Å². The average Bonchev–Trinajstić information content (AvgIpc) is 3.17. The Morgan fingerprint density at radius 3 is 2.14 bits per heavy atom. The molecule has 2 aliphatic heterocycles. The molecule has 0 aromatic carbocycles. The van der Waals surface area contributed by atoms with Gasteiger partial charge in [-0.15, -0.1) is 0 Å². The molecule has 7 nitrogen and oxygen atoms in total. The van der Waals surface area contributed by atoms with E-state index in [-0.39, 0.29) is 23.8 Å². The van der Waals surface area contributed by atoms with Gasteiger partial charge in [-0.3, -0.25) is 14.5 Å². The van der Waals surface area contributed by atoms with Crippen LogP contribution in [-0.2, 0) is 14.3 Å². The smallest absolute Gasteiger partial charge is 0.410 e. The largest absolute Gasteiger partial charge is 0.444 e. The summed E-state index contributed by atoms with van der Waals surface area (Å²) in [6.45, 7) is 7.35. The average molecular weight is 408 g/mol. The lowest BCUT2D eigenvalue weighted by Gasteiger charge is -2.36. The molecule has 1 saturated carbocycles. The molecule has 29 heavy (non-hydrogen) atoms. The van der Waals surface area contributed by atoms with Crippen molar-refractivity contribution in [2.45, 2.75) is 96.2 Å². The van der Waals surface area contributed by atoms with Crippen molar-refractivity contribution in [2.75, 3.05) is 19.6 Å². The minimum absolute atomic E-state index is 0.0189. The lowest BCUT2D eigenvalue weighted by Crippen LogP contribution is -2.53. The fourth-order valence-corrected chi connectivity index (χ4v) is 4.70. The van der Waals surface area contributed by atoms with Crippen molar-refractivity contribution in [2.24, 2.45) is 5.92 Å². The van der Waals surface area contributed by atoms with Crippen molar-refractivity contribution in [3.05, 3.63) is 0 Å². The monoisotopic (exact) mass is 407 g/mol. The van der Waals surface area contributed by atoms with Crippen LogP contribution < -0.4 is 5.32 Å². The van der Waals surface area contributed by atoms with E-state index in [0.29, 0.717) is 26.1 Å². The summed E-state index contributed by atoms with van der Waals surface area (Å²) in [5, 5.41) is 3.21. The minimum atomic E-state index is -0.567. The van der Waals surface area contributed by atoms with Gasteiger partial charge < -0.3 is 15.0 Å². The summed E-state index contributed by atoms with van der Waals surface area (Å²) < 4.78 is 5.48. The highest BCUT2D eigenvalue weighted by molar-refractivity contribution is 5.86. The summed E-state index contributed by atoms with van der Waals surface area (Å²) >= 11 is 0. The van der Waals surface area contributed by atoms with Crippen molar-refractivity contribution in [1.29, 1.82) is 0 Å². The minimum Gasteiger partial charge on any atom is -0.444 e. The maximum Gasteiger partial charge on any atom is 0.410 e. The predicted octanol–water partition coefficient (Wildman–Crippen LogP) is 3.07. The number of rotatable bonds is 3. The van der Waals surface area contributed by atoms with Crippen LogP contribution in [0, 0.1) is 5.92 Å². The van der Waals surface area contributed by atoms with E-state index >= 15 is 0 Å². The van der Waals surface area contributed by atoms with E-state index in [9.17, 15) is 14.4 Å². The van der Waals surface area contributed by atoms with Crippen LogP contribution in [0.4, 0.5) is 4.79 Å². The molecule has 3 fully saturated rings. The Kier molecular flexibility index (Phi) is 7.06. The van der Waals surface area contributed by atoms with E-state index in [1.54, 1.807) is 4.90 Å². The molecule has 0 bridgehead atoms. The first-order valence-corrected chi connectivity index (χ1v) is 11.3. The molecule has 3 aliphatic rings. The van der Waals surface area contributed by atoms with Gasteiger partial charge in [0.1, 0.15) is 11.6 Å². The number of carbonyl (C=O) groups is 3. The summed E-state index contributed by atoms with van der Waals surface area (Å²) in [7, 11) is 0. The molecule has 0 spiro atoms. The van der Waals surface area contributed by atoms with Crippen molar-refractivity contribution < 1.29 is 19.1 Å². The Labute approximate surface area is 174 Å². The number of piperidine rings is 1. The van der Waals surface area contributed by atoms with Crippen molar-refractivity contribution in [3.63, 3.8) is 0 Å². The zero-order chi connectivity index (χ0) is 21.0. The quantitative estimate of drug-likeness (QED) is 0.780. The van der Waals surface area contributed by atoms with Gasteiger partial charge in [-0.1, -0.05) is 19.3 Å². The fourth-order valence-electron chi connectivity index (χ4n) is 4.70. The molecule has 2 saturated heterocycles. The second-order valence-corrected chi connectivity index (χ2v) is 9.77. The summed E-state index contributed by atoms with van der Waals surface area (Å²) in [6, 6.07) is -0.266. The number of nitrogens with one attached hydrogen (secondary N) is 1. The molecule has 2 heterocycles. The van der Waals surface area contributed by atoms with E-state index in [4.69, 9.17) is 4.74 Å². The fraction of sp³-hybridized carbons (Fsp3) is 0.864. The Balaban J connectivity index is 1.47. The lowest BCUT2D eigenvalue weighted by atomic mass is 9.88. The number of amides is 3. The molecule has 1 unspecified atom stereocenters. The molecule has 7 heteroatoms. The topological polar surface area (TPSA) is 79.0 Å². The third-order valence-corrected chi connectivity index (χ3v) is 6.29. The maximum absolute atomic E-state index is 13.0. The lowest BCUT2D eigenvalue weighted by molar-refractivity contribution is -0.137. The molecular formula is C22H37N3O4. The summed E-state index contributed by atoms with van der Waals surface area (Å²) in [5.74, 6) is 0.385. The molecule has 3 amide bonds. The SMILES string of the molecule is CC(C)(C)OC(=O)N1CCCC1C(=O)N1CCC(NC(=O)C2CCCCC2)CC1. The van der Waals surface area contributed by atoms with Gasteiger partial charge in [0, 0.05) is 31.6 Å². The first-order valence-electron chi connectivity index (χ1n) is 11.3. The van der Waals surface area contributed by atoms with Crippen LogP contribution in [0.3, 0.4) is 0 Å². The molecule has 3 rings (SSSR count). The van der Waals surface area contributed by atoms with Gasteiger partial charge in [-0.2, -0.15) is 0 Å². The van der Waals surface area contributed by atoms with Crippen LogP contribution >= 0.6 is 0 Å². The molecule has 0 aromatic rings. The predicted molar refractivity (Wildman–Crippen MR) is 110 cm³/mol. The van der Waals surface area contributed by atoms with Gasteiger partial charge in [0.05, 0.1) is 0 Å². The highest BCUT2D eigenvalue weighted by Gasteiger charge is 2.39. The number of carbonyl (C=O) groups excluding carboxylic acids is 3. The molecule has 1 atom stereocenters. The Morgan fingerprint density at radius 2 is 1.52 bits per heavy atom. The van der Waals surface area contributed by atoms with Gasteiger partial charge in [-0.25, -0.2) is 4.79 Å². The van der Waals surface area contributed by atoms with Gasteiger partial charge in [-0.05, 0) is 59.3 Å². The third kappa shape index (κ3) is 5.86.